The van der Waals surface area contributed by atoms with Crippen LogP contribution >= 0.6 is 0 Å². The summed E-state index contributed by atoms with van der Waals surface area (Å²) in [7, 11) is 0. The lowest BCUT2D eigenvalue weighted by Crippen LogP contribution is -2.23. The van der Waals surface area contributed by atoms with E-state index >= 15 is 0 Å². The molecule has 0 aliphatic rings. The van der Waals surface area contributed by atoms with Crippen LogP contribution in [0.2, 0.25) is 0 Å². The third-order valence-corrected chi connectivity index (χ3v) is 2.75. The van der Waals surface area contributed by atoms with E-state index in [2.05, 4.69) is 5.32 Å². The predicted molar refractivity (Wildman–Crippen MR) is 77.8 cm³/mol. The second-order valence-corrected chi connectivity index (χ2v) is 4.33. The number of anilines is 1. The van der Waals surface area contributed by atoms with Crippen molar-refractivity contribution in [2.75, 3.05) is 25.0 Å². The number of carbonyl (C=O) groups excluding carboxylic acids is 1. The normalized spacial score (nSPS) is 10.8. The molecule has 1 rings (SSSR count). The lowest BCUT2D eigenvalue weighted by molar-refractivity contribution is -0.112. The van der Waals surface area contributed by atoms with Crippen LogP contribution in [0.25, 0.3) is 0 Å². The van der Waals surface area contributed by atoms with Crippen molar-refractivity contribution in [1.29, 1.82) is 5.26 Å². The lowest BCUT2D eigenvalue weighted by Gasteiger charge is -2.17. The first-order chi connectivity index (χ1) is 9.60. The largest absolute Gasteiger partial charge is 0.395 e. The molecule has 0 saturated heterocycles. The van der Waals surface area contributed by atoms with Crippen LogP contribution in [0.5, 0.6) is 0 Å². The number of aliphatic hydroxyl groups excluding tert-OH is 1. The molecule has 0 aliphatic carbocycles. The highest BCUT2D eigenvalue weighted by Gasteiger charge is 2.11. The standard InChI is InChI=1S/C15H19N3O2/c1-3-18(7-8-19)11-13(10-16)15(20)17-14-6-4-5-12(2)9-14/h4-6,9,11,19H,3,7-8H2,1-2H3,(H,17,20)/b13-11-. The molecule has 0 aromatic heterocycles. The number of aliphatic hydroxyl groups is 1. The number of nitrogens with zero attached hydrogens (tertiary/aromatic N) is 2. The van der Waals surface area contributed by atoms with Gasteiger partial charge in [-0.15, -0.1) is 0 Å². The molecule has 5 heteroatoms. The molecule has 0 bridgehead atoms. The summed E-state index contributed by atoms with van der Waals surface area (Å²) in [6.45, 7) is 4.79. The molecule has 5 nitrogen and oxygen atoms in total. The maximum absolute atomic E-state index is 12.0. The van der Waals surface area contributed by atoms with Gasteiger partial charge in [-0.25, -0.2) is 0 Å². The number of nitrogens with one attached hydrogen (secondary N) is 1. The number of rotatable bonds is 6. The zero-order valence-corrected chi connectivity index (χ0v) is 11.8. The maximum atomic E-state index is 12.0. The number of benzene rings is 1. The van der Waals surface area contributed by atoms with Crippen molar-refractivity contribution in [1.82, 2.24) is 4.90 Å². The number of hydrogen-bond donors (Lipinski definition) is 2. The molecule has 0 unspecified atom stereocenters. The van der Waals surface area contributed by atoms with Crippen LogP contribution in [0.1, 0.15) is 12.5 Å². The van der Waals surface area contributed by atoms with Crippen molar-refractivity contribution in [3.8, 4) is 6.07 Å². The summed E-state index contributed by atoms with van der Waals surface area (Å²) in [6, 6.07) is 9.25. The van der Waals surface area contributed by atoms with Crippen LogP contribution in [0, 0.1) is 18.3 Å². The number of nitriles is 1. The summed E-state index contributed by atoms with van der Waals surface area (Å²) in [5.74, 6) is -0.450. The molecule has 1 amide bonds. The highest BCUT2D eigenvalue weighted by atomic mass is 16.3. The number of aryl methyl sites for hydroxylation is 1. The van der Waals surface area contributed by atoms with E-state index in [-0.39, 0.29) is 12.2 Å². The Bertz CT molecular complexity index is 532. The molecule has 106 valence electrons. The topological polar surface area (TPSA) is 76.4 Å². The smallest absolute Gasteiger partial charge is 0.267 e. The van der Waals surface area contributed by atoms with Gasteiger partial charge < -0.3 is 15.3 Å². The minimum atomic E-state index is -0.450. The van der Waals surface area contributed by atoms with E-state index in [9.17, 15) is 4.79 Å². The molecule has 0 heterocycles. The van der Waals surface area contributed by atoms with Crippen molar-refractivity contribution >= 4 is 11.6 Å². The average molecular weight is 273 g/mol. The number of amides is 1. The van der Waals surface area contributed by atoms with Gasteiger partial charge in [-0.1, -0.05) is 12.1 Å². The van der Waals surface area contributed by atoms with Gasteiger partial charge in [0.25, 0.3) is 5.91 Å². The van der Waals surface area contributed by atoms with Crippen molar-refractivity contribution in [3.63, 3.8) is 0 Å². The zero-order chi connectivity index (χ0) is 15.0. The summed E-state index contributed by atoms with van der Waals surface area (Å²) in [5, 5.41) is 20.7. The Labute approximate surface area is 119 Å². The fourth-order valence-corrected chi connectivity index (χ4v) is 1.68. The molecule has 20 heavy (non-hydrogen) atoms. The van der Waals surface area contributed by atoms with Gasteiger partial charge in [0, 0.05) is 25.0 Å². The summed E-state index contributed by atoms with van der Waals surface area (Å²) in [4.78, 5) is 13.7. The summed E-state index contributed by atoms with van der Waals surface area (Å²) < 4.78 is 0. The fraction of sp³-hybridized carbons (Fsp3) is 0.333. The Morgan fingerprint density at radius 1 is 1.55 bits per heavy atom. The van der Waals surface area contributed by atoms with E-state index < -0.39 is 5.91 Å². The van der Waals surface area contributed by atoms with Gasteiger partial charge in [-0.2, -0.15) is 5.26 Å². The van der Waals surface area contributed by atoms with Crippen LogP contribution in [0.15, 0.2) is 36.0 Å². The summed E-state index contributed by atoms with van der Waals surface area (Å²) in [6.07, 6.45) is 1.47. The minimum absolute atomic E-state index is 0.0156. The second-order valence-electron chi connectivity index (χ2n) is 4.33. The predicted octanol–water partition coefficient (Wildman–Crippen LogP) is 1.66. The minimum Gasteiger partial charge on any atom is -0.395 e. The first kappa shape index (κ1) is 15.7. The molecule has 0 radical (unpaired) electrons. The van der Waals surface area contributed by atoms with Gasteiger partial charge in [-0.3, -0.25) is 4.79 Å². The van der Waals surface area contributed by atoms with Crippen LogP contribution in [0.4, 0.5) is 5.69 Å². The SMILES string of the molecule is CCN(/C=C(/C#N)C(=O)Nc1cccc(C)c1)CCO. The molecule has 1 aromatic carbocycles. The second kappa shape index (κ2) is 7.97. The molecule has 1 aromatic rings. The van der Waals surface area contributed by atoms with Crippen LogP contribution < -0.4 is 5.32 Å². The molecular formula is C15H19N3O2. The molecule has 2 N–H and O–H groups in total. The van der Waals surface area contributed by atoms with Gasteiger partial charge in [0.05, 0.1) is 6.61 Å². The third-order valence-electron chi connectivity index (χ3n) is 2.75. The van der Waals surface area contributed by atoms with Crippen LogP contribution in [-0.4, -0.2) is 35.6 Å². The van der Waals surface area contributed by atoms with Crippen molar-refractivity contribution < 1.29 is 9.90 Å². The first-order valence-electron chi connectivity index (χ1n) is 6.45. The van der Waals surface area contributed by atoms with E-state index in [4.69, 9.17) is 10.4 Å². The van der Waals surface area contributed by atoms with Crippen molar-refractivity contribution in [2.24, 2.45) is 0 Å². The Kier molecular flexibility index (Phi) is 6.27. The summed E-state index contributed by atoms with van der Waals surface area (Å²) in [5.41, 5.74) is 1.70. The molecule has 0 saturated carbocycles. The van der Waals surface area contributed by atoms with Crippen LogP contribution in [-0.2, 0) is 4.79 Å². The van der Waals surface area contributed by atoms with Gasteiger partial charge in [0.2, 0.25) is 0 Å². The van der Waals surface area contributed by atoms with E-state index in [0.29, 0.717) is 18.8 Å². The number of hydrogen-bond acceptors (Lipinski definition) is 4. The highest BCUT2D eigenvalue weighted by Crippen LogP contribution is 2.11. The molecule has 0 spiro atoms. The van der Waals surface area contributed by atoms with Crippen molar-refractivity contribution in [3.05, 3.63) is 41.6 Å². The van der Waals surface area contributed by atoms with E-state index in [1.807, 2.05) is 38.1 Å². The maximum Gasteiger partial charge on any atom is 0.267 e. The molecule has 0 fully saturated rings. The average Bonchev–Trinajstić information content (AvgIpc) is 2.43. The van der Waals surface area contributed by atoms with E-state index in [1.165, 1.54) is 6.20 Å². The quantitative estimate of drug-likeness (QED) is 0.610. The Hall–Kier alpha value is -2.32. The third kappa shape index (κ3) is 4.75. The highest BCUT2D eigenvalue weighted by molar-refractivity contribution is 6.06. The van der Waals surface area contributed by atoms with E-state index in [0.717, 1.165) is 5.56 Å². The number of carbonyl (C=O) groups is 1. The lowest BCUT2D eigenvalue weighted by atomic mass is 10.2. The molecular weight excluding hydrogens is 254 g/mol. The Balaban J connectivity index is 2.82. The zero-order valence-electron chi connectivity index (χ0n) is 11.8. The van der Waals surface area contributed by atoms with Gasteiger partial charge in [0.1, 0.15) is 11.6 Å². The van der Waals surface area contributed by atoms with E-state index in [1.54, 1.807) is 11.0 Å². The van der Waals surface area contributed by atoms with Crippen molar-refractivity contribution in [2.45, 2.75) is 13.8 Å². The number of likely N-dealkylation sites (N-methyl/N-ethyl adjacent to an activating group) is 1. The summed E-state index contributed by atoms with van der Waals surface area (Å²) >= 11 is 0. The Morgan fingerprint density at radius 3 is 2.85 bits per heavy atom. The van der Waals surface area contributed by atoms with Gasteiger partial charge in [0.15, 0.2) is 0 Å². The molecule has 0 aliphatic heterocycles. The molecule has 0 atom stereocenters. The Morgan fingerprint density at radius 2 is 2.30 bits per heavy atom. The van der Waals surface area contributed by atoms with Gasteiger partial charge >= 0.3 is 0 Å². The first-order valence-corrected chi connectivity index (χ1v) is 6.45. The van der Waals surface area contributed by atoms with Gasteiger partial charge in [-0.05, 0) is 31.5 Å². The monoisotopic (exact) mass is 273 g/mol. The fourth-order valence-electron chi connectivity index (χ4n) is 1.68. The van der Waals surface area contributed by atoms with Crippen LogP contribution in [0.3, 0.4) is 0 Å².